The lowest BCUT2D eigenvalue weighted by Gasteiger charge is -2.25. The molecule has 2 aromatic rings. The minimum atomic E-state index is -0.997. The molecule has 1 aromatic carbocycles. The van der Waals surface area contributed by atoms with E-state index in [2.05, 4.69) is 10.3 Å². The molecule has 0 atom stereocenters. The standard InChI is InChI=1S/C14H19N3O2/c1-9-16-11-7-10(5-6-12(11)17(9)4)14(2,3)8-15-13(18)19/h5-7,15H,8H2,1-4H3,(H,18,19). The number of rotatable bonds is 3. The molecule has 0 saturated carbocycles. The zero-order valence-electron chi connectivity index (χ0n) is 11.7. The van der Waals surface area contributed by atoms with Crippen molar-refractivity contribution in [2.24, 2.45) is 7.05 Å². The van der Waals surface area contributed by atoms with Crippen molar-refractivity contribution in [3.05, 3.63) is 29.6 Å². The van der Waals surface area contributed by atoms with E-state index in [1.807, 2.05) is 50.6 Å². The number of benzene rings is 1. The number of amides is 1. The summed E-state index contributed by atoms with van der Waals surface area (Å²) in [5.41, 5.74) is 2.84. The van der Waals surface area contributed by atoms with Crippen LogP contribution in [-0.2, 0) is 12.5 Å². The number of hydrogen-bond acceptors (Lipinski definition) is 2. The molecule has 1 aromatic heterocycles. The summed E-state index contributed by atoms with van der Waals surface area (Å²) in [6, 6.07) is 6.10. The van der Waals surface area contributed by atoms with Gasteiger partial charge in [-0.25, -0.2) is 9.78 Å². The van der Waals surface area contributed by atoms with Gasteiger partial charge in [0.15, 0.2) is 0 Å². The van der Waals surface area contributed by atoms with Gasteiger partial charge < -0.3 is 15.0 Å². The molecule has 0 aliphatic carbocycles. The predicted octanol–water partition coefficient (Wildman–Crippen LogP) is 2.43. The molecule has 2 N–H and O–H groups in total. The molecule has 0 aliphatic rings. The topological polar surface area (TPSA) is 67.2 Å². The smallest absolute Gasteiger partial charge is 0.404 e. The van der Waals surface area contributed by atoms with Gasteiger partial charge in [0.25, 0.3) is 0 Å². The maximum atomic E-state index is 10.6. The molecular formula is C14H19N3O2. The van der Waals surface area contributed by atoms with Crippen LogP contribution in [0.4, 0.5) is 4.79 Å². The summed E-state index contributed by atoms with van der Waals surface area (Å²) in [6.07, 6.45) is -0.997. The lowest BCUT2D eigenvalue weighted by molar-refractivity contribution is 0.192. The number of imidazole rings is 1. The molecule has 0 radical (unpaired) electrons. The fourth-order valence-corrected chi connectivity index (χ4v) is 2.14. The third-order valence-corrected chi connectivity index (χ3v) is 3.57. The molecule has 0 bridgehead atoms. The van der Waals surface area contributed by atoms with Crippen molar-refractivity contribution in [3.8, 4) is 0 Å². The average molecular weight is 261 g/mol. The van der Waals surface area contributed by atoms with Crippen LogP contribution in [0, 0.1) is 6.92 Å². The third kappa shape index (κ3) is 2.54. The Hall–Kier alpha value is -2.04. The van der Waals surface area contributed by atoms with Crippen molar-refractivity contribution in [2.45, 2.75) is 26.2 Å². The van der Waals surface area contributed by atoms with E-state index < -0.39 is 6.09 Å². The molecule has 2 rings (SSSR count). The van der Waals surface area contributed by atoms with Gasteiger partial charge in [0.2, 0.25) is 0 Å². The number of carboxylic acid groups (broad SMARTS) is 1. The maximum Gasteiger partial charge on any atom is 0.404 e. The fourth-order valence-electron chi connectivity index (χ4n) is 2.14. The van der Waals surface area contributed by atoms with Gasteiger partial charge in [-0.2, -0.15) is 0 Å². The van der Waals surface area contributed by atoms with E-state index in [1.54, 1.807) is 0 Å². The average Bonchev–Trinajstić information content (AvgIpc) is 2.62. The number of nitrogens with zero attached hydrogens (tertiary/aromatic N) is 2. The highest BCUT2D eigenvalue weighted by Crippen LogP contribution is 2.26. The van der Waals surface area contributed by atoms with Crippen molar-refractivity contribution in [2.75, 3.05) is 6.54 Å². The van der Waals surface area contributed by atoms with Gasteiger partial charge in [-0.3, -0.25) is 0 Å². The van der Waals surface area contributed by atoms with Gasteiger partial charge in [0.1, 0.15) is 5.82 Å². The van der Waals surface area contributed by atoms with Crippen molar-refractivity contribution in [3.63, 3.8) is 0 Å². The molecule has 0 saturated heterocycles. The second-order valence-corrected chi connectivity index (χ2v) is 5.46. The fraction of sp³-hybridized carbons (Fsp3) is 0.429. The van der Waals surface area contributed by atoms with Gasteiger partial charge in [0, 0.05) is 19.0 Å². The largest absolute Gasteiger partial charge is 0.465 e. The van der Waals surface area contributed by atoms with E-state index in [1.165, 1.54) is 0 Å². The maximum absolute atomic E-state index is 10.6. The number of aryl methyl sites for hydroxylation is 2. The van der Waals surface area contributed by atoms with E-state index in [9.17, 15) is 4.79 Å². The molecule has 0 aliphatic heterocycles. The van der Waals surface area contributed by atoms with E-state index >= 15 is 0 Å². The summed E-state index contributed by atoms with van der Waals surface area (Å²) < 4.78 is 2.04. The minimum absolute atomic E-state index is 0.266. The van der Waals surface area contributed by atoms with Crippen LogP contribution in [0.15, 0.2) is 18.2 Å². The molecule has 102 valence electrons. The van der Waals surface area contributed by atoms with Crippen LogP contribution in [0.5, 0.6) is 0 Å². The number of fused-ring (bicyclic) bond motifs is 1. The first-order valence-corrected chi connectivity index (χ1v) is 6.21. The highest BCUT2D eigenvalue weighted by Gasteiger charge is 2.22. The summed E-state index contributed by atoms with van der Waals surface area (Å²) in [7, 11) is 1.99. The molecular weight excluding hydrogens is 242 g/mol. The molecule has 0 fully saturated rings. The normalized spacial score (nSPS) is 11.8. The second kappa shape index (κ2) is 4.57. The summed E-state index contributed by atoms with van der Waals surface area (Å²) in [6.45, 7) is 6.37. The van der Waals surface area contributed by atoms with Crippen LogP contribution in [0.3, 0.4) is 0 Å². The van der Waals surface area contributed by atoms with Gasteiger partial charge in [0.05, 0.1) is 11.0 Å². The molecule has 0 unspecified atom stereocenters. The van der Waals surface area contributed by atoms with Crippen molar-refractivity contribution < 1.29 is 9.90 Å². The predicted molar refractivity (Wildman–Crippen MR) is 74.5 cm³/mol. The van der Waals surface area contributed by atoms with Crippen LogP contribution in [0.25, 0.3) is 11.0 Å². The van der Waals surface area contributed by atoms with E-state index in [4.69, 9.17) is 5.11 Å². The number of aromatic nitrogens is 2. The van der Waals surface area contributed by atoms with Crippen LogP contribution in [-0.4, -0.2) is 27.3 Å². The molecule has 19 heavy (non-hydrogen) atoms. The number of carbonyl (C=O) groups is 1. The van der Waals surface area contributed by atoms with Crippen LogP contribution >= 0.6 is 0 Å². The summed E-state index contributed by atoms with van der Waals surface area (Å²) in [4.78, 5) is 15.1. The van der Waals surface area contributed by atoms with Gasteiger partial charge in [-0.15, -0.1) is 0 Å². The van der Waals surface area contributed by atoms with Crippen LogP contribution < -0.4 is 5.32 Å². The number of hydrogen-bond donors (Lipinski definition) is 2. The summed E-state index contributed by atoms with van der Waals surface area (Å²) in [5, 5.41) is 11.1. The van der Waals surface area contributed by atoms with Crippen LogP contribution in [0.2, 0.25) is 0 Å². The quantitative estimate of drug-likeness (QED) is 0.891. The molecule has 1 amide bonds. The Morgan fingerprint density at radius 3 is 2.79 bits per heavy atom. The van der Waals surface area contributed by atoms with Crippen LogP contribution in [0.1, 0.15) is 25.2 Å². The van der Waals surface area contributed by atoms with Gasteiger partial charge in [-0.05, 0) is 24.6 Å². The molecule has 5 nitrogen and oxygen atoms in total. The Morgan fingerprint density at radius 2 is 2.16 bits per heavy atom. The number of nitrogens with one attached hydrogen (secondary N) is 1. The zero-order valence-corrected chi connectivity index (χ0v) is 11.7. The lowest BCUT2D eigenvalue weighted by atomic mass is 9.84. The van der Waals surface area contributed by atoms with E-state index in [-0.39, 0.29) is 5.41 Å². The Balaban J connectivity index is 2.37. The first-order valence-electron chi connectivity index (χ1n) is 6.21. The summed E-state index contributed by atoms with van der Waals surface area (Å²) in [5.74, 6) is 0.966. The second-order valence-electron chi connectivity index (χ2n) is 5.46. The van der Waals surface area contributed by atoms with Crippen molar-refractivity contribution in [1.29, 1.82) is 0 Å². The Labute approximate surface area is 112 Å². The van der Waals surface area contributed by atoms with Crippen molar-refractivity contribution in [1.82, 2.24) is 14.9 Å². The SMILES string of the molecule is Cc1nc2cc(C(C)(C)CNC(=O)O)ccc2n1C. The Bertz CT molecular complexity index is 629. The monoisotopic (exact) mass is 261 g/mol. The first-order chi connectivity index (χ1) is 8.81. The lowest BCUT2D eigenvalue weighted by Crippen LogP contribution is -2.35. The van der Waals surface area contributed by atoms with Gasteiger partial charge in [-0.1, -0.05) is 19.9 Å². The molecule has 1 heterocycles. The minimum Gasteiger partial charge on any atom is -0.465 e. The zero-order chi connectivity index (χ0) is 14.2. The highest BCUT2D eigenvalue weighted by atomic mass is 16.4. The van der Waals surface area contributed by atoms with Gasteiger partial charge >= 0.3 is 6.09 Å². The van der Waals surface area contributed by atoms with E-state index in [0.717, 1.165) is 22.4 Å². The third-order valence-electron chi connectivity index (χ3n) is 3.57. The Morgan fingerprint density at radius 1 is 1.47 bits per heavy atom. The van der Waals surface area contributed by atoms with Crippen molar-refractivity contribution >= 4 is 17.1 Å². The summed E-state index contributed by atoms with van der Waals surface area (Å²) >= 11 is 0. The highest BCUT2D eigenvalue weighted by molar-refractivity contribution is 5.77. The molecule has 5 heteroatoms. The molecule has 0 spiro atoms. The first kappa shape index (κ1) is 13.4. The Kier molecular flexibility index (Phi) is 3.22. The van der Waals surface area contributed by atoms with E-state index in [0.29, 0.717) is 6.54 Å².